The molecule has 0 aliphatic carbocycles. The van der Waals surface area contributed by atoms with Crippen LogP contribution in [0, 0.1) is 0 Å². The lowest BCUT2D eigenvalue weighted by Crippen LogP contribution is -1.79. The molecule has 0 saturated heterocycles. The van der Waals surface area contributed by atoms with Gasteiger partial charge in [0.2, 0.25) is 0 Å². The Hall–Kier alpha value is -12.4. The molecule has 0 fully saturated rings. The van der Waals surface area contributed by atoms with E-state index >= 15 is 0 Å². The maximum absolute atomic E-state index is 3.67. The molecule has 4 nitrogen and oxygen atoms in total. The van der Waals surface area contributed by atoms with Gasteiger partial charge in [-0.25, -0.2) is 0 Å². The first-order valence-electron chi connectivity index (χ1n) is 35.3. The van der Waals surface area contributed by atoms with Crippen LogP contribution in [0.25, 0.3) is 233 Å². The van der Waals surface area contributed by atoms with Gasteiger partial charge in [-0.2, -0.15) is 0 Å². The predicted molar refractivity (Wildman–Crippen MR) is 460 cm³/mol. The Morgan fingerprint density at radius 1 is 0.144 bits per heavy atom. The van der Waals surface area contributed by atoms with Crippen molar-refractivity contribution in [1.82, 2.24) is 19.9 Å². The predicted octanol–water partition coefficient (Wildman–Crippen LogP) is 29.7. The molecule has 0 spiro atoms. The van der Waals surface area contributed by atoms with Crippen molar-refractivity contribution >= 4 is 278 Å². The minimum absolute atomic E-state index is 1.21. The van der Waals surface area contributed by atoms with Crippen molar-refractivity contribution in [3.63, 3.8) is 0 Å². The van der Waals surface area contributed by atoms with E-state index in [0.717, 1.165) is 0 Å². The van der Waals surface area contributed by atoms with Gasteiger partial charge in [0.25, 0.3) is 0 Å². The third-order valence-electron chi connectivity index (χ3n) is 21.9. The van der Waals surface area contributed by atoms with E-state index in [-0.39, 0.29) is 0 Å². The van der Waals surface area contributed by atoms with Gasteiger partial charge in [0, 0.05) is 168 Å². The van der Waals surface area contributed by atoms with E-state index in [1.165, 1.54) is 233 Å². The number of thiophene rings is 4. The Morgan fingerprint density at radius 3 is 1.22 bits per heavy atom. The second-order valence-electron chi connectivity index (χ2n) is 27.7. The van der Waals surface area contributed by atoms with Crippen LogP contribution >= 0.6 is 45.3 Å². The first kappa shape index (κ1) is 58.3. The van der Waals surface area contributed by atoms with Crippen LogP contribution in [0.1, 0.15) is 0 Å². The number of aromatic nitrogens is 4. The quantitative estimate of drug-likeness (QED) is 0.109. The number of para-hydroxylation sites is 2. The fourth-order valence-electron chi connectivity index (χ4n) is 17.0. The molecule has 104 heavy (non-hydrogen) atoms. The van der Waals surface area contributed by atoms with Crippen molar-refractivity contribution in [2.45, 2.75) is 0 Å². The van der Waals surface area contributed by atoms with E-state index in [9.17, 15) is 0 Å². The van der Waals surface area contributed by atoms with Gasteiger partial charge in [0.05, 0.1) is 0 Å². The van der Waals surface area contributed by atoms with Gasteiger partial charge in [-0.3, -0.25) is 0 Å². The van der Waals surface area contributed by atoms with Crippen LogP contribution in [0.3, 0.4) is 0 Å². The van der Waals surface area contributed by atoms with Gasteiger partial charge in [-0.15, -0.1) is 45.3 Å². The molecule has 0 aliphatic rings. The van der Waals surface area contributed by atoms with E-state index < -0.39 is 0 Å². The van der Waals surface area contributed by atoms with Gasteiger partial charge in [-0.1, -0.05) is 212 Å². The minimum Gasteiger partial charge on any atom is -0.354 e. The molecule has 0 saturated carbocycles. The second-order valence-corrected chi connectivity index (χ2v) is 32.0. The summed E-state index contributed by atoms with van der Waals surface area (Å²) < 4.78 is 10.9. The average molecular weight is 1390 g/mol. The van der Waals surface area contributed by atoms with Crippen LogP contribution in [0.15, 0.2) is 315 Å². The highest BCUT2D eigenvalue weighted by molar-refractivity contribution is 7.27. The molecule has 26 aromatic rings. The summed E-state index contributed by atoms with van der Waals surface area (Å²) in [5.41, 5.74) is 9.70. The molecule has 8 heterocycles. The van der Waals surface area contributed by atoms with E-state index in [0.29, 0.717) is 0 Å². The molecule has 0 bridgehead atoms. The van der Waals surface area contributed by atoms with Gasteiger partial charge in [-0.05, 0) is 168 Å². The molecule has 4 N–H and O–H groups in total. The van der Waals surface area contributed by atoms with E-state index in [1.54, 1.807) is 0 Å². The number of H-pyrrole nitrogens is 4. The van der Waals surface area contributed by atoms with Crippen molar-refractivity contribution in [1.29, 1.82) is 0 Å². The summed E-state index contributed by atoms with van der Waals surface area (Å²) in [6.07, 6.45) is 0. The largest absolute Gasteiger partial charge is 0.354 e. The second kappa shape index (κ2) is 22.5. The summed E-state index contributed by atoms with van der Waals surface area (Å²) in [7, 11) is 0. The summed E-state index contributed by atoms with van der Waals surface area (Å²) in [4.78, 5) is 14.5. The van der Waals surface area contributed by atoms with Crippen molar-refractivity contribution in [3.8, 4) is 0 Å². The lowest BCUT2D eigenvalue weighted by atomic mass is 9.98. The summed E-state index contributed by atoms with van der Waals surface area (Å²) >= 11 is 7.57. The van der Waals surface area contributed by atoms with Crippen LogP contribution < -0.4 is 0 Å². The van der Waals surface area contributed by atoms with Crippen molar-refractivity contribution in [3.05, 3.63) is 315 Å². The molecule has 0 unspecified atom stereocenters. The number of hydrogen-bond donors (Lipinski definition) is 4. The molecule has 0 radical (unpaired) electrons. The number of hydrogen-bond acceptors (Lipinski definition) is 4. The first-order valence-corrected chi connectivity index (χ1v) is 38.6. The first-order chi connectivity index (χ1) is 51.5. The highest BCUT2D eigenvalue weighted by Crippen LogP contribution is 2.47. The van der Waals surface area contributed by atoms with E-state index in [1.807, 2.05) is 45.3 Å². The number of nitrogens with one attached hydrogen (secondary N) is 4. The summed E-state index contributed by atoms with van der Waals surface area (Å²) in [6, 6.07) is 115. The Bertz CT molecular complexity index is 8130. The number of rotatable bonds is 0. The zero-order chi connectivity index (χ0) is 67.8. The maximum atomic E-state index is 3.67. The molecule has 484 valence electrons. The summed E-state index contributed by atoms with van der Waals surface area (Å²) in [6.45, 7) is 0. The number of fused-ring (bicyclic) bond motifs is 34. The molecule has 0 atom stereocenters. The standard InChI is InChI=1S/2C26H15NS.2C22H13NS/c1-2-7-17-12-23-20(11-16(17)6-1)21-14-25-22(13-24(21)27-23)19-10-9-15-5-3-4-8-18(15)26(19)28-25;1-2-6-16-15(5-1)9-10-19-17(16)11-12-22-26(19)21-14-25-20(13-23(21)27-22)18-7-3-4-8-24(18)28-25;1-2-6-14-10-21-17(9-13(14)5-1)18-11-20-16(12-22(18)24-21)15-7-3-4-8-19(15)23-20;1-2-6-14-13(5-1)9-10-20-22(14)17-11-19-16(12-21(17)24-20)15-7-3-4-8-18(15)23-19/h2*1-14,27H;2*1-12,23H. The Morgan fingerprint density at radius 2 is 0.529 bits per heavy atom. The van der Waals surface area contributed by atoms with Crippen LogP contribution in [-0.4, -0.2) is 19.9 Å². The zero-order valence-electron chi connectivity index (χ0n) is 55.7. The lowest BCUT2D eigenvalue weighted by molar-refractivity contribution is 1.56. The fourth-order valence-corrected chi connectivity index (χ4v) is 21.7. The Labute approximate surface area is 608 Å². The molecule has 8 aromatic heterocycles. The molecule has 18 aromatic carbocycles. The molecule has 26 rings (SSSR count). The van der Waals surface area contributed by atoms with Crippen molar-refractivity contribution < 1.29 is 0 Å². The van der Waals surface area contributed by atoms with Crippen LogP contribution in [-0.2, 0) is 0 Å². The third kappa shape index (κ3) is 9.00. The highest BCUT2D eigenvalue weighted by atomic mass is 32.1. The Balaban J connectivity index is 0.0000000850. The molecule has 0 aliphatic heterocycles. The van der Waals surface area contributed by atoms with Crippen LogP contribution in [0.5, 0.6) is 0 Å². The lowest BCUT2D eigenvalue weighted by Gasteiger charge is -2.05. The Kier molecular flexibility index (Phi) is 12.6. The fraction of sp³-hybridized carbons (Fsp3) is 0. The van der Waals surface area contributed by atoms with Crippen molar-refractivity contribution in [2.75, 3.05) is 0 Å². The maximum Gasteiger partial charge on any atom is 0.0472 e. The minimum atomic E-state index is 1.21. The molecular weight excluding hydrogens is 1340 g/mol. The highest BCUT2D eigenvalue weighted by Gasteiger charge is 2.18. The topological polar surface area (TPSA) is 63.2 Å². The van der Waals surface area contributed by atoms with Crippen LogP contribution in [0.4, 0.5) is 0 Å². The third-order valence-corrected chi connectivity index (χ3v) is 26.4. The zero-order valence-corrected chi connectivity index (χ0v) is 58.9. The van der Waals surface area contributed by atoms with E-state index in [4.69, 9.17) is 0 Å². The van der Waals surface area contributed by atoms with Gasteiger partial charge < -0.3 is 19.9 Å². The normalized spacial score (nSPS) is 12.2. The van der Waals surface area contributed by atoms with E-state index in [2.05, 4.69) is 335 Å². The molecular formula is C96H56N4S4. The molecule has 8 heteroatoms. The summed E-state index contributed by atoms with van der Waals surface area (Å²) in [5, 5.41) is 37.1. The van der Waals surface area contributed by atoms with Crippen molar-refractivity contribution in [2.24, 2.45) is 0 Å². The number of benzene rings is 18. The SMILES string of the molecule is c1ccc2c(c1)ccc1c2ccc2[nH]c3cc4c(cc3c21)sc1ccccc14.c1ccc2c(c1)ccc1sc3cc4c(cc3c12)[nH]c1ccccc14.c1ccc2cc3c(cc2c1)[nH]c1cc2c(cc13)sc1c3ccccc3ccc21.c1ccc2cc3c(cc2c1)sc1cc2c(cc13)[nH]c1ccccc12. The monoisotopic (exact) mass is 1390 g/mol. The average Bonchev–Trinajstić information content (AvgIpc) is 1.63. The number of aromatic amines is 4. The van der Waals surface area contributed by atoms with Gasteiger partial charge >= 0.3 is 0 Å². The molecule has 0 amide bonds. The smallest absolute Gasteiger partial charge is 0.0472 e. The van der Waals surface area contributed by atoms with Gasteiger partial charge in [0.15, 0.2) is 0 Å². The summed E-state index contributed by atoms with van der Waals surface area (Å²) in [5.74, 6) is 0. The van der Waals surface area contributed by atoms with Crippen LogP contribution in [0.2, 0.25) is 0 Å². The van der Waals surface area contributed by atoms with Gasteiger partial charge in [0.1, 0.15) is 0 Å².